The van der Waals surface area contributed by atoms with Crippen LogP contribution in [0.25, 0.3) is 6.08 Å². The zero-order chi connectivity index (χ0) is 16.9. The zero-order valence-electron chi connectivity index (χ0n) is 13.5. The fraction of sp³-hybridized carbons (Fsp3) is 0.471. The van der Waals surface area contributed by atoms with Gasteiger partial charge in [0.15, 0.2) is 0 Å². The van der Waals surface area contributed by atoms with Crippen molar-refractivity contribution in [2.24, 2.45) is 0 Å². The molecule has 0 radical (unpaired) electrons. The second kappa shape index (κ2) is 7.31. The third kappa shape index (κ3) is 4.77. The van der Waals surface area contributed by atoms with Crippen molar-refractivity contribution in [3.8, 4) is 11.5 Å². The standard InChI is InChI=1S/C17H24O5/c1-5-22-15(19)7-9-17(4,21)8-6-13-10-14(18)11(2)12(3)16(13)20/h6,8,10,18,20-21H,5,7,9H2,1-4H3. The molecule has 1 aromatic rings. The maximum Gasteiger partial charge on any atom is 0.305 e. The Bertz CT molecular complexity index is 573. The van der Waals surface area contributed by atoms with Crippen LogP contribution in [0.3, 0.4) is 0 Å². The summed E-state index contributed by atoms with van der Waals surface area (Å²) in [4.78, 5) is 11.3. The Kier molecular flexibility index (Phi) is 6.00. The van der Waals surface area contributed by atoms with E-state index in [9.17, 15) is 20.1 Å². The second-order valence-corrected chi connectivity index (χ2v) is 5.58. The molecule has 0 saturated heterocycles. The maximum absolute atomic E-state index is 11.3. The van der Waals surface area contributed by atoms with E-state index in [0.29, 0.717) is 23.3 Å². The van der Waals surface area contributed by atoms with Gasteiger partial charge in [0.1, 0.15) is 11.5 Å². The average Bonchev–Trinajstić information content (AvgIpc) is 2.46. The third-order valence-corrected chi connectivity index (χ3v) is 3.63. The molecule has 22 heavy (non-hydrogen) atoms. The average molecular weight is 308 g/mol. The molecular weight excluding hydrogens is 284 g/mol. The van der Waals surface area contributed by atoms with Crippen molar-refractivity contribution < 1.29 is 24.9 Å². The molecular formula is C17H24O5. The first-order valence-electron chi connectivity index (χ1n) is 7.27. The lowest BCUT2D eigenvalue weighted by Gasteiger charge is -2.18. The minimum atomic E-state index is -1.21. The number of phenolic OH excluding ortho intramolecular Hbond substituents is 2. The minimum Gasteiger partial charge on any atom is -0.508 e. The molecule has 0 heterocycles. The van der Waals surface area contributed by atoms with E-state index in [1.165, 1.54) is 18.2 Å². The van der Waals surface area contributed by atoms with Gasteiger partial charge >= 0.3 is 5.97 Å². The van der Waals surface area contributed by atoms with Crippen molar-refractivity contribution in [3.05, 3.63) is 28.8 Å². The number of ether oxygens (including phenoxy) is 1. The van der Waals surface area contributed by atoms with Crippen molar-refractivity contribution in [1.82, 2.24) is 0 Å². The molecule has 1 aromatic carbocycles. The highest BCUT2D eigenvalue weighted by atomic mass is 16.5. The van der Waals surface area contributed by atoms with Gasteiger partial charge in [-0.3, -0.25) is 4.79 Å². The first-order chi connectivity index (χ1) is 10.2. The number of rotatable bonds is 6. The molecule has 0 fully saturated rings. The van der Waals surface area contributed by atoms with Gasteiger partial charge in [-0.15, -0.1) is 0 Å². The number of benzene rings is 1. The summed E-state index contributed by atoms with van der Waals surface area (Å²) in [6.45, 7) is 7.03. The molecule has 1 atom stereocenters. The highest BCUT2D eigenvalue weighted by molar-refractivity contribution is 5.69. The Morgan fingerprint density at radius 1 is 1.32 bits per heavy atom. The van der Waals surface area contributed by atoms with E-state index in [1.54, 1.807) is 27.7 Å². The summed E-state index contributed by atoms with van der Waals surface area (Å²) < 4.78 is 4.82. The second-order valence-electron chi connectivity index (χ2n) is 5.58. The number of aromatic hydroxyl groups is 2. The van der Waals surface area contributed by atoms with Crippen LogP contribution in [0, 0.1) is 13.8 Å². The lowest BCUT2D eigenvalue weighted by atomic mass is 9.97. The molecule has 122 valence electrons. The van der Waals surface area contributed by atoms with Crippen LogP contribution in [-0.2, 0) is 9.53 Å². The molecule has 0 aliphatic carbocycles. The molecule has 0 spiro atoms. The smallest absolute Gasteiger partial charge is 0.305 e. The highest BCUT2D eigenvalue weighted by Crippen LogP contribution is 2.33. The fourth-order valence-corrected chi connectivity index (χ4v) is 1.98. The summed E-state index contributed by atoms with van der Waals surface area (Å²) in [5, 5.41) is 30.1. The number of hydrogen-bond donors (Lipinski definition) is 3. The van der Waals surface area contributed by atoms with E-state index in [2.05, 4.69) is 0 Å². The predicted molar refractivity (Wildman–Crippen MR) is 84.8 cm³/mol. The highest BCUT2D eigenvalue weighted by Gasteiger charge is 2.19. The first kappa shape index (κ1) is 18.0. The van der Waals surface area contributed by atoms with Crippen molar-refractivity contribution in [2.45, 2.75) is 46.1 Å². The van der Waals surface area contributed by atoms with Crippen molar-refractivity contribution in [2.75, 3.05) is 6.61 Å². The van der Waals surface area contributed by atoms with Gasteiger partial charge in [-0.1, -0.05) is 12.2 Å². The number of phenols is 2. The molecule has 5 nitrogen and oxygen atoms in total. The molecule has 0 aromatic heterocycles. The molecule has 0 bridgehead atoms. The Balaban J connectivity index is 2.85. The SMILES string of the molecule is CCOC(=O)CCC(C)(O)C=Cc1cc(O)c(C)c(C)c1O. The Morgan fingerprint density at radius 3 is 2.55 bits per heavy atom. The quantitative estimate of drug-likeness (QED) is 0.555. The number of aliphatic hydroxyl groups is 1. The number of carbonyl (C=O) groups is 1. The van der Waals surface area contributed by atoms with Gasteiger partial charge in [0.25, 0.3) is 0 Å². The van der Waals surface area contributed by atoms with Gasteiger partial charge in [-0.05, 0) is 51.3 Å². The van der Waals surface area contributed by atoms with Crippen LogP contribution in [0.1, 0.15) is 43.4 Å². The van der Waals surface area contributed by atoms with Gasteiger partial charge < -0.3 is 20.1 Å². The van der Waals surface area contributed by atoms with Crippen molar-refractivity contribution in [3.63, 3.8) is 0 Å². The van der Waals surface area contributed by atoms with E-state index >= 15 is 0 Å². The molecule has 0 amide bonds. The van der Waals surface area contributed by atoms with Gasteiger partial charge in [0.2, 0.25) is 0 Å². The van der Waals surface area contributed by atoms with Crippen LogP contribution >= 0.6 is 0 Å². The first-order valence-corrected chi connectivity index (χ1v) is 7.27. The number of carbonyl (C=O) groups excluding carboxylic acids is 1. The third-order valence-electron chi connectivity index (χ3n) is 3.63. The molecule has 1 unspecified atom stereocenters. The van der Waals surface area contributed by atoms with Crippen LogP contribution in [0.15, 0.2) is 12.1 Å². The van der Waals surface area contributed by atoms with Gasteiger partial charge in [0, 0.05) is 12.0 Å². The monoisotopic (exact) mass is 308 g/mol. The summed E-state index contributed by atoms with van der Waals surface area (Å²) in [5.41, 5.74) is 0.403. The van der Waals surface area contributed by atoms with Gasteiger partial charge in [-0.25, -0.2) is 0 Å². The van der Waals surface area contributed by atoms with Crippen LogP contribution in [-0.4, -0.2) is 33.5 Å². The minimum absolute atomic E-state index is 0.0627. The molecule has 5 heteroatoms. The Hall–Kier alpha value is -2.01. The van der Waals surface area contributed by atoms with E-state index in [1.807, 2.05) is 0 Å². The number of hydrogen-bond acceptors (Lipinski definition) is 5. The van der Waals surface area contributed by atoms with Crippen LogP contribution < -0.4 is 0 Å². The van der Waals surface area contributed by atoms with E-state index < -0.39 is 5.60 Å². The predicted octanol–water partition coefficient (Wildman–Crippen LogP) is 2.82. The summed E-state index contributed by atoms with van der Waals surface area (Å²) >= 11 is 0. The fourth-order valence-electron chi connectivity index (χ4n) is 1.98. The normalized spacial score (nSPS) is 14.0. The lowest BCUT2D eigenvalue weighted by molar-refractivity contribution is -0.144. The molecule has 0 aliphatic rings. The van der Waals surface area contributed by atoms with Crippen LogP contribution in [0.4, 0.5) is 0 Å². The summed E-state index contributed by atoms with van der Waals surface area (Å²) in [6, 6.07) is 1.44. The van der Waals surface area contributed by atoms with E-state index in [-0.39, 0.29) is 30.3 Å². The molecule has 0 saturated carbocycles. The van der Waals surface area contributed by atoms with Gasteiger partial charge in [0.05, 0.1) is 12.2 Å². The van der Waals surface area contributed by atoms with E-state index in [0.717, 1.165) is 0 Å². The summed E-state index contributed by atoms with van der Waals surface area (Å²) in [6.07, 6.45) is 3.34. The molecule has 3 N–H and O–H groups in total. The van der Waals surface area contributed by atoms with Crippen LogP contribution in [0.5, 0.6) is 11.5 Å². The van der Waals surface area contributed by atoms with E-state index in [4.69, 9.17) is 4.74 Å². The topological polar surface area (TPSA) is 87.0 Å². The number of esters is 1. The maximum atomic E-state index is 11.3. The Morgan fingerprint density at radius 2 is 1.95 bits per heavy atom. The Labute approximate surface area is 130 Å². The largest absolute Gasteiger partial charge is 0.508 e. The van der Waals surface area contributed by atoms with Crippen molar-refractivity contribution in [1.29, 1.82) is 0 Å². The van der Waals surface area contributed by atoms with Crippen LogP contribution in [0.2, 0.25) is 0 Å². The summed E-state index contributed by atoms with van der Waals surface area (Å²) in [5.74, 6) is -0.211. The molecule has 0 aliphatic heterocycles. The van der Waals surface area contributed by atoms with Crippen molar-refractivity contribution >= 4 is 12.0 Å². The summed E-state index contributed by atoms with van der Waals surface area (Å²) in [7, 11) is 0. The lowest BCUT2D eigenvalue weighted by Crippen LogP contribution is -2.22. The van der Waals surface area contributed by atoms with Gasteiger partial charge in [-0.2, -0.15) is 0 Å². The molecule has 1 rings (SSSR count). The zero-order valence-corrected chi connectivity index (χ0v) is 13.5.